The highest BCUT2D eigenvalue weighted by molar-refractivity contribution is 6.09. The lowest BCUT2D eigenvalue weighted by atomic mass is 9.95. The molecule has 2 aromatic carbocycles. The zero-order chi connectivity index (χ0) is 13.8. The largest absolute Gasteiger partial charge is 0.387 e. The van der Waals surface area contributed by atoms with Crippen LogP contribution in [0.1, 0.15) is 34.3 Å². The number of carbonyl (C=O) groups excluding carboxylic acids is 1. The van der Waals surface area contributed by atoms with Gasteiger partial charge in [0.2, 0.25) is 0 Å². The fourth-order valence-corrected chi connectivity index (χ4v) is 1.88. The molecule has 0 spiro atoms. The average Bonchev–Trinajstić information content (AvgIpc) is 2.46. The van der Waals surface area contributed by atoms with Crippen LogP contribution in [0.5, 0.6) is 0 Å². The summed E-state index contributed by atoms with van der Waals surface area (Å²) in [6, 6.07) is 16.5. The number of hydrogen-bond donors (Lipinski definition) is 2. The first-order chi connectivity index (χ1) is 9.09. The number of hydrogen-bond acceptors (Lipinski definition) is 2. The van der Waals surface area contributed by atoms with Crippen molar-refractivity contribution in [2.24, 2.45) is 5.73 Å². The van der Waals surface area contributed by atoms with Gasteiger partial charge in [0.25, 0.3) is 0 Å². The van der Waals surface area contributed by atoms with E-state index in [1.54, 1.807) is 24.3 Å². The minimum absolute atomic E-state index is 0. The van der Waals surface area contributed by atoms with E-state index >= 15 is 0 Å². The number of nitrogens with one attached hydrogen (secondary N) is 1. The van der Waals surface area contributed by atoms with Crippen LogP contribution in [0.25, 0.3) is 0 Å². The van der Waals surface area contributed by atoms with Gasteiger partial charge < -0.3 is 5.73 Å². The molecule has 0 aromatic heterocycles. The molecule has 0 aliphatic rings. The normalized spacial score (nSPS) is 11.2. The lowest BCUT2D eigenvalue weighted by Crippen LogP contribution is -2.18. The van der Waals surface area contributed by atoms with Gasteiger partial charge in [0, 0.05) is 17.0 Å². The van der Waals surface area contributed by atoms with Crippen LogP contribution in [0.15, 0.2) is 54.6 Å². The zero-order valence-corrected chi connectivity index (χ0v) is 12.0. The Morgan fingerprint density at radius 1 is 1.05 bits per heavy atom. The summed E-state index contributed by atoms with van der Waals surface area (Å²) >= 11 is 0. The molecule has 0 aliphatic heterocycles. The molecule has 104 valence electrons. The van der Waals surface area contributed by atoms with E-state index in [9.17, 15) is 4.79 Å². The Labute approximate surface area is 124 Å². The number of ketones is 1. The van der Waals surface area contributed by atoms with Gasteiger partial charge in [-0.05, 0) is 11.6 Å². The Kier molecular flexibility index (Phi) is 5.47. The number of halogens is 1. The molecule has 0 unspecified atom stereocenters. The predicted molar refractivity (Wildman–Crippen MR) is 83.9 cm³/mol. The van der Waals surface area contributed by atoms with Crippen LogP contribution in [0.4, 0.5) is 0 Å². The van der Waals surface area contributed by atoms with Gasteiger partial charge in [0.1, 0.15) is 0 Å². The molecule has 20 heavy (non-hydrogen) atoms. The van der Waals surface area contributed by atoms with E-state index in [4.69, 9.17) is 11.1 Å². The van der Waals surface area contributed by atoms with E-state index in [0.717, 1.165) is 5.56 Å². The average molecular weight is 289 g/mol. The Balaban J connectivity index is 0.00000200. The lowest BCUT2D eigenvalue weighted by molar-refractivity contribution is 0.103. The maximum Gasteiger partial charge on any atom is 0.193 e. The van der Waals surface area contributed by atoms with E-state index in [1.165, 1.54) is 0 Å². The van der Waals surface area contributed by atoms with Crippen LogP contribution < -0.4 is 5.73 Å². The fraction of sp³-hybridized carbons (Fsp3) is 0.125. The fourth-order valence-electron chi connectivity index (χ4n) is 1.88. The molecule has 3 N–H and O–H groups in total. The maximum absolute atomic E-state index is 12.3. The van der Waals surface area contributed by atoms with Gasteiger partial charge in [0.05, 0.1) is 5.84 Å². The van der Waals surface area contributed by atoms with E-state index in [2.05, 4.69) is 0 Å². The van der Waals surface area contributed by atoms with Crippen molar-refractivity contribution < 1.29 is 4.79 Å². The lowest BCUT2D eigenvalue weighted by Gasteiger charge is -2.11. The number of benzene rings is 2. The zero-order valence-electron chi connectivity index (χ0n) is 11.2. The first kappa shape index (κ1) is 15.9. The van der Waals surface area contributed by atoms with Crippen LogP contribution in [-0.4, -0.2) is 11.6 Å². The molecule has 0 aliphatic carbocycles. The number of carbonyl (C=O) groups is 1. The Morgan fingerprint density at radius 2 is 1.65 bits per heavy atom. The molecule has 3 nitrogen and oxygen atoms in total. The molecule has 2 aromatic rings. The summed E-state index contributed by atoms with van der Waals surface area (Å²) in [6.45, 7) is 1.86. The molecule has 4 heteroatoms. The van der Waals surface area contributed by atoms with Crippen LogP contribution in [-0.2, 0) is 0 Å². The third-order valence-corrected chi connectivity index (χ3v) is 3.15. The smallest absolute Gasteiger partial charge is 0.193 e. The second kappa shape index (κ2) is 6.87. The third kappa shape index (κ3) is 3.45. The van der Waals surface area contributed by atoms with Crippen LogP contribution in [0.3, 0.4) is 0 Å². The van der Waals surface area contributed by atoms with Crippen molar-refractivity contribution in [3.8, 4) is 0 Å². The third-order valence-electron chi connectivity index (χ3n) is 3.15. The monoisotopic (exact) mass is 288 g/mol. The molecular weight excluding hydrogens is 272 g/mol. The van der Waals surface area contributed by atoms with Gasteiger partial charge in [0.15, 0.2) is 5.78 Å². The summed E-state index contributed by atoms with van der Waals surface area (Å²) in [5, 5.41) is 7.47. The van der Waals surface area contributed by atoms with Crippen molar-refractivity contribution in [2.75, 3.05) is 0 Å². The van der Waals surface area contributed by atoms with E-state index in [1.807, 2.05) is 37.3 Å². The molecular formula is C16H17ClN2O. The van der Waals surface area contributed by atoms with Crippen molar-refractivity contribution in [2.45, 2.75) is 12.8 Å². The molecule has 0 fully saturated rings. The Morgan fingerprint density at radius 3 is 2.25 bits per heavy atom. The molecule has 2 rings (SSSR count). The van der Waals surface area contributed by atoms with Gasteiger partial charge >= 0.3 is 0 Å². The minimum Gasteiger partial charge on any atom is -0.387 e. The first-order valence-corrected chi connectivity index (χ1v) is 6.13. The summed E-state index contributed by atoms with van der Waals surface area (Å²) in [6.07, 6.45) is 0. The molecule has 1 atom stereocenters. The SMILES string of the molecule is C[C@H](C(=N)N)c1cccc(C(=O)c2ccccc2)c1.Cl. The summed E-state index contributed by atoms with van der Waals surface area (Å²) < 4.78 is 0. The van der Waals surface area contributed by atoms with Gasteiger partial charge in [-0.1, -0.05) is 55.5 Å². The number of rotatable bonds is 4. The second-order valence-electron chi connectivity index (χ2n) is 4.50. The second-order valence-corrected chi connectivity index (χ2v) is 4.50. The molecule has 0 radical (unpaired) electrons. The van der Waals surface area contributed by atoms with Crippen LogP contribution >= 0.6 is 12.4 Å². The topological polar surface area (TPSA) is 66.9 Å². The summed E-state index contributed by atoms with van der Waals surface area (Å²) in [7, 11) is 0. The number of nitrogens with two attached hydrogens (primary N) is 1. The van der Waals surface area contributed by atoms with Gasteiger partial charge in [-0.15, -0.1) is 12.4 Å². The van der Waals surface area contributed by atoms with Crippen molar-refractivity contribution in [3.63, 3.8) is 0 Å². The summed E-state index contributed by atoms with van der Waals surface area (Å²) in [5.74, 6) is -0.0916. The van der Waals surface area contributed by atoms with Crippen molar-refractivity contribution in [1.82, 2.24) is 0 Å². The van der Waals surface area contributed by atoms with Crippen molar-refractivity contribution >= 4 is 24.0 Å². The highest BCUT2D eigenvalue weighted by Crippen LogP contribution is 2.18. The van der Waals surface area contributed by atoms with Crippen molar-refractivity contribution in [3.05, 3.63) is 71.3 Å². The molecule has 0 saturated heterocycles. The van der Waals surface area contributed by atoms with E-state index in [-0.39, 0.29) is 29.9 Å². The maximum atomic E-state index is 12.3. The molecule has 0 saturated carbocycles. The first-order valence-electron chi connectivity index (χ1n) is 6.13. The van der Waals surface area contributed by atoms with Crippen LogP contribution in [0, 0.1) is 5.41 Å². The van der Waals surface area contributed by atoms with Gasteiger partial charge in [-0.3, -0.25) is 10.2 Å². The molecule has 0 amide bonds. The van der Waals surface area contributed by atoms with Crippen molar-refractivity contribution in [1.29, 1.82) is 5.41 Å². The number of amidine groups is 1. The Hall–Kier alpha value is -2.13. The highest BCUT2D eigenvalue weighted by atomic mass is 35.5. The molecule has 0 bridgehead atoms. The molecule has 0 heterocycles. The Bertz CT molecular complexity index is 611. The van der Waals surface area contributed by atoms with E-state index in [0.29, 0.717) is 11.1 Å². The van der Waals surface area contributed by atoms with E-state index < -0.39 is 0 Å². The van der Waals surface area contributed by atoms with Gasteiger partial charge in [-0.2, -0.15) is 0 Å². The van der Waals surface area contributed by atoms with Gasteiger partial charge in [-0.25, -0.2) is 0 Å². The highest BCUT2D eigenvalue weighted by Gasteiger charge is 2.13. The standard InChI is InChI=1S/C16H16N2O.ClH/c1-11(16(17)18)13-8-5-9-14(10-13)15(19)12-6-3-2-4-7-12;/h2-11H,1H3,(H3,17,18);1H/t11-;/m0./s1. The summed E-state index contributed by atoms with van der Waals surface area (Å²) in [4.78, 5) is 12.3. The van der Waals surface area contributed by atoms with Crippen LogP contribution in [0.2, 0.25) is 0 Å². The quantitative estimate of drug-likeness (QED) is 0.514. The minimum atomic E-state index is -0.177. The summed E-state index contributed by atoms with van der Waals surface area (Å²) in [5.41, 5.74) is 7.67. The predicted octanol–water partition coefficient (Wildman–Crippen LogP) is 3.38.